The third-order valence-corrected chi connectivity index (χ3v) is 6.49. The summed E-state index contributed by atoms with van der Waals surface area (Å²) in [6, 6.07) is 9.58. The third kappa shape index (κ3) is 5.44. The molecule has 0 radical (unpaired) electrons. The molecule has 1 amide bonds. The maximum atomic E-state index is 12.9. The summed E-state index contributed by atoms with van der Waals surface area (Å²) in [5, 5.41) is 5.46. The first-order chi connectivity index (χ1) is 15.0. The molecule has 0 N–H and O–H groups in total. The van der Waals surface area contributed by atoms with Gasteiger partial charge < -0.3 is 14.4 Å². The lowest BCUT2D eigenvalue weighted by atomic mass is 9.86. The van der Waals surface area contributed by atoms with Crippen LogP contribution >= 0.6 is 11.3 Å². The monoisotopic (exact) mass is 446 g/mol. The van der Waals surface area contributed by atoms with Crippen LogP contribution in [0.2, 0.25) is 0 Å². The number of para-hydroxylation sites is 1. The van der Waals surface area contributed by atoms with Crippen molar-refractivity contribution in [3.63, 3.8) is 0 Å². The molecule has 31 heavy (non-hydrogen) atoms. The highest BCUT2D eigenvalue weighted by Crippen LogP contribution is 2.32. The molecule has 3 rings (SSSR count). The maximum Gasteiger partial charge on any atom is 0.334 e. The van der Waals surface area contributed by atoms with Gasteiger partial charge in [0, 0.05) is 32.1 Å². The molecule has 0 bridgehead atoms. The summed E-state index contributed by atoms with van der Waals surface area (Å²) in [6.07, 6.45) is 1.87. The Hall–Kier alpha value is -2.42. The Labute approximate surface area is 187 Å². The largest absolute Gasteiger partial charge is 0.496 e. The Morgan fingerprint density at radius 3 is 2.52 bits per heavy atom. The molecule has 1 saturated heterocycles. The zero-order chi connectivity index (χ0) is 22.3. The Kier molecular flexibility index (Phi) is 8.06. The van der Waals surface area contributed by atoms with E-state index < -0.39 is 11.5 Å². The number of piperidine rings is 1. The van der Waals surface area contributed by atoms with E-state index in [9.17, 15) is 9.59 Å². The first-order valence-electron chi connectivity index (χ1n) is 10.4. The quantitative estimate of drug-likeness (QED) is 0.435. The molecule has 1 aliphatic heterocycles. The van der Waals surface area contributed by atoms with Crippen molar-refractivity contribution in [2.45, 2.75) is 38.3 Å². The van der Waals surface area contributed by atoms with Crippen molar-refractivity contribution < 1.29 is 23.9 Å². The number of methoxy groups -OCH3 is 2. The van der Waals surface area contributed by atoms with Crippen molar-refractivity contribution in [2.24, 2.45) is 0 Å². The maximum absolute atomic E-state index is 12.9. The van der Waals surface area contributed by atoms with Gasteiger partial charge in [-0.05, 0) is 47.7 Å². The van der Waals surface area contributed by atoms with Gasteiger partial charge in [-0.25, -0.2) is 9.86 Å². The summed E-state index contributed by atoms with van der Waals surface area (Å²) in [4.78, 5) is 33.7. The number of likely N-dealkylation sites (tertiary alicyclic amines) is 1. The smallest absolute Gasteiger partial charge is 0.334 e. The van der Waals surface area contributed by atoms with Gasteiger partial charge in [0.1, 0.15) is 12.4 Å². The molecule has 1 aromatic heterocycles. The number of thiophene rings is 1. The molecule has 1 fully saturated rings. The molecule has 0 saturated carbocycles. The second-order valence-electron chi connectivity index (χ2n) is 7.65. The molecule has 0 atom stereocenters. The zero-order valence-electron chi connectivity index (χ0n) is 18.3. The lowest BCUT2D eigenvalue weighted by molar-refractivity contribution is -0.240. The SMILES string of the molecule is COC(=O)C1(N(OCc2ccccc2OC)C(C)=O)CCN(CCc2ccsc2)CC1. The van der Waals surface area contributed by atoms with E-state index in [4.69, 9.17) is 14.3 Å². The molecular weight excluding hydrogens is 416 g/mol. The highest BCUT2D eigenvalue weighted by molar-refractivity contribution is 7.07. The van der Waals surface area contributed by atoms with Gasteiger partial charge in [-0.15, -0.1) is 0 Å². The van der Waals surface area contributed by atoms with E-state index in [-0.39, 0.29) is 12.5 Å². The van der Waals surface area contributed by atoms with Crippen molar-refractivity contribution in [1.29, 1.82) is 0 Å². The number of nitrogens with zero attached hydrogens (tertiary/aromatic N) is 2. The molecule has 0 aliphatic carbocycles. The van der Waals surface area contributed by atoms with Gasteiger partial charge in [0.05, 0.1) is 14.2 Å². The van der Waals surface area contributed by atoms with Crippen molar-refractivity contribution in [3.8, 4) is 5.75 Å². The number of rotatable bonds is 9. The van der Waals surface area contributed by atoms with Crippen molar-refractivity contribution in [1.82, 2.24) is 9.96 Å². The minimum atomic E-state index is -1.14. The summed E-state index contributed by atoms with van der Waals surface area (Å²) in [5.74, 6) is -0.103. The number of hydrogen-bond acceptors (Lipinski definition) is 7. The van der Waals surface area contributed by atoms with E-state index in [1.807, 2.05) is 24.3 Å². The van der Waals surface area contributed by atoms with Crippen LogP contribution in [0.3, 0.4) is 0 Å². The van der Waals surface area contributed by atoms with Gasteiger partial charge in [-0.1, -0.05) is 18.2 Å². The van der Waals surface area contributed by atoms with Gasteiger partial charge in [0.2, 0.25) is 5.91 Å². The fourth-order valence-corrected chi connectivity index (χ4v) is 4.72. The fourth-order valence-electron chi connectivity index (χ4n) is 4.02. The first-order valence-corrected chi connectivity index (χ1v) is 11.3. The molecule has 8 heteroatoms. The normalized spacial score (nSPS) is 16.0. The molecular formula is C23H30N2O5S. The fraction of sp³-hybridized carbons (Fsp3) is 0.478. The van der Waals surface area contributed by atoms with Crippen LogP contribution in [0.5, 0.6) is 5.75 Å². The number of carbonyl (C=O) groups excluding carboxylic acids is 2. The van der Waals surface area contributed by atoms with E-state index in [2.05, 4.69) is 21.7 Å². The first kappa shape index (κ1) is 23.2. The highest BCUT2D eigenvalue weighted by Gasteiger charge is 2.50. The molecule has 1 aromatic carbocycles. The van der Waals surface area contributed by atoms with Crippen LogP contribution in [0.4, 0.5) is 0 Å². The van der Waals surface area contributed by atoms with Crippen LogP contribution in [-0.4, -0.2) is 61.2 Å². The van der Waals surface area contributed by atoms with Crippen molar-refractivity contribution in [3.05, 3.63) is 52.2 Å². The van der Waals surface area contributed by atoms with Crippen LogP contribution in [0.25, 0.3) is 0 Å². The Morgan fingerprint density at radius 2 is 1.90 bits per heavy atom. The number of hydroxylamine groups is 2. The van der Waals surface area contributed by atoms with E-state index in [0.29, 0.717) is 31.7 Å². The predicted molar refractivity (Wildman–Crippen MR) is 119 cm³/mol. The van der Waals surface area contributed by atoms with Gasteiger partial charge in [0.25, 0.3) is 0 Å². The van der Waals surface area contributed by atoms with E-state index in [0.717, 1.165) is 18.5 Å². The van der Waals surface area contributed by atoms with Crippen molar-refractivity contribution >= 4 is 23.2 Å². The number of carbonyl (C=O) groups is 2. The van der Waals surface area contributed by atoms with E-state index in [1.165, 1.54) is 24.7 Å². The average Bonchev–Trinajstić information content (AvgIpc) is 3.31. The third-order valence-electron chi connectivity index (χ3n) is 5.76. The summed E-state index contributed by atoms with van der Waals surface area (Å²) >= 11 is 1.70. The second kappa shape index (κ2) is 10.7. The van der Waals surface area contributed by atoms with Gasteiger partial charge in [0.15, 0.2) is 5.54 Å². The lowest BCUT2D eigenvalue weighted by Crippen LogP contribution is -2.61. The number of esters is 1. The summed E-state index contributed by atoms with van der Waals surface area (Å²) < 4.78 is 10.5. The molecule has 168 valence electrons. The second-order valence-corrected chi connectivity index (χ2v) is 8.43. The Bertz CT molecular complexity index is 863. The zero-order valence-corrected chi connectivity index (χ0v) is 19.2. The van der Waals surface area contributed by atoms with Crippen LogP contribution < -0.4 is 4.74 Å². The predicted octanol–water partition coefficient (Wildman–Crippen LogP) is 3.29. The van der Waals surface area contributed by atoms with E-state index >= 15 is 0 Å². The average molecular weight is 447 g/mol. The van der Waals surface area contributed by atoms with Crippen molar-refractivity contribution in [2.75, 3.05) is 33.9 Å². The summed E-state index contributed by atoms with van der Waals surface area (Å²) in [6.45, 7) is 3.80. The molecule has 7 nitrogen and oxygen atoms in total. The van der Waals surface area contributed by atoms with Gasteiger partial charge in [-0.3, -0.25) is 9.63 Å². The van der Waals surface area contributed by atoms with E-state index in [1.54, 1.807) is 18.4 Å². The lowest BCUT2D eigenvalue weighted by Gasteiger charge is -2.45. The topological polar surface area (TPSA) is 68.3 Å². The standard InChI is InChI=1S/C23H30N2O5S/c1-18(26)25(30-16-20-6-4-5-7-21(20)28-2)23(22(27)29-3)10-13-24(14-11-23)12-8-19-9-15-31-17-19/h4-7,9,15,17H,8,10-14,16H2,1-3H3. The van der Waals surface area contributed by atoms with Crippen LogP contribution in [-0.2, 0) is 32.2 Å². The van der Waals surface area contributed by atoms with Crippen LogP contribution in [0, 0.1) is 0 Å². The van der Waals surface area contributed by atoms with Crippen LogP contribution in [0.15, 0.2) is 41.1 Å². The number of benzene rings is 1. The summed E-state index contributed by atoms with van der Waals surface area (Å²) in [5.41, 5.74) is 0.978. The Balaban J connectivity index is 1.71. The minimum Gasteiger partial charge on any atom is -0.496 e. The van der Waals surface area contributed by atoms with Gasteiger partial charge >= 0.3 is 5.97 Å². The van der Waals surface area contributed by atoms with Crippen LogP contribution in [0.1, 0.15) is 30.9 Å². The molecule has 0 spiro atoms. The number of hydrogen-bond donors (Lipinski definition) is 0. The molecule has 2 aromatic rings. The summed E-state index contributed by atoms with van der Waals surface area (Å²) in [7, 11) is 2.94. The number of amides is 1. The molecule has 0 unspecified atom stereocenters. The highest BCUT2D eigenvalue weighted by atomic mass is 32.1. The Morgan fingerprint density at radius 1 is 1.16 bits per heavy atom. The molecule has 2 heterocycles. The minimum absolute atomic E-state index is 0.115. The molecule has 1 aliphatic rings. The number of ether oxygens (including phenoxy) is 2. The van der Waals surface area contributed by atoms with Gasteiger partial charge in [-0.2, -0.15) is 11.3 Å².